The van der Waals surface area contributed by atoms with Gasteiger partial charge in [-0.25, -0.2) is 9.78 Å². The number of thiazole rings is 1. The Balaban J connectivity index is 2.18. The summed E-state index contributed by atoms with van der Waals surface area (Å²) in [4.78, 5) is 14.6. The standard InChI is InChI=1S/C16H13F3N2O3S/c1-3-24-10-6-4-9(5-7-10)11-8(2)21-13(16(17,18)19)12(14(22)23)25-15(21)20-11/h4-7H,3H2,1-2H3,(H,22,23). The lowest BCUT2D eigenvalue weighted by atomic mass is 10.1. The second-order valence-corrected chi connectivity index (χ2v) is 6.18. The third-order valence-electron chi connectivity index (χ3n) is 3.61. The van der Waals surface area contributed by atoms with Crippen molar-refractivity contribution in [3.05, 3.63) is 40.5 Å². The van der Waals surface area contributed by atoms with Crippen LogP contribution in [0.5, 0.6) is 5.75 Å². The monoisotopic (exact) mass is 370 g/mol. The number of aromatic nitrogens is 2. The predicted octanol–water partition coefficient (Wildman–Crippen LogP) is 4.49. The summed E-state index contributed by atoms with van der Waals surface area (Å²) in [6.45, 7) is 3.84. The number of hydrogen-bond acceptors (Lipinski definition) is 4. The van der Waals surface area contributed by atoms with Crippen molar-refractivity contribution < 1.29 is 27.8 Å². The average molecular weight is 370 g/mol. The fourth-order valence-electron chi connectivity index (χ4n) is 2.60. The van der Waals surface area contributed by atoms with Gasteiger partial charge in [0.1, 0.15) is 10.6 Å². The first-order valence-corrected chi connectivity index (χ1v) is 8.11. The van der Waals surface area contributed by atoms with E-state index in [1.807, 2.05) is 6.92 Å². The van der Waals surface area contributed by atoms with Gasteiger partial charge in [-0.1, -0.05) is 11.3 Å². The lowest BCUT2D eigenvalue weighted by Crippen LogP contribution is -2.14. The molecule has 3 rings (SSSR count). The van der Waals surface area contributed by atoms with E-state index in [0.29, 0.717) is 35.0 Å². The molecule has 132 valence electrons. The van der Waals surface area contributed by atoms with E-state index in [9.17, 15) is 18.0 Å². The lowest BCUT2D eigenvalue weighted by Gasteiger charge is -2.08. The predicted molar refractivity (Wildman–Crippen MR) is 86.4 cm³/mol. The second kappa shape index (κ2) is 6.07. The minimum atomic E-state index is -4.80. The zero-order valence-corrected chi connectivity index (χ0v) is 14.0. The van der Waals surface area contributed by atoms with Gasteiger partial charge < -0.3 is 9.84 Å². The van der Waals surface area contributed by atoms with Crippen LogP contribution in [-0.2, 0) is 6.18 Å². The van der Waals surface area contributed by atoms with Crippen LogP contribution in [0.4, 0.5) is 13.2 Å². The van der Waals surface area contributed by atoms with Gasteiger partial charge in [0.05, 0.1) is 12.3 Å². The number of rotatable bonds is 4. The van der Waals surface area contributed by atoms with Gasteiger partial charge in [-0.05, 0) is 38.1 Å². The number of fused-ring (bicyclic) bond motifs is 1. The molecule has 0 aliphatic heterocycles. The van der Waals surface area contributed by atoms with Gasteiger partial charge in [0.2, 0.25) is 0 Å². The molecule has 0 atom stereocenters. The van der Waals surface area contributed by atoms with Gasteiger partial charge in [0.15, 0.2) is 10.7 Å². The minimum Gasteiger partial charge on any atom is -0.494 e. The maximum absolute atomic E-state index is 13.4. The van der Waals surface area contributed by atoms with Crippen LogP contribution in [0, 0.1) is 6.92 Å². The summed E-state index contributed by atoms with van der Waals surface area (Å²) < 4.78 is 46.3. The zero-order chi connectivity index (χ0) is 18.4. The topological polar surface area (TPSA) is 63.8 Å². The molecule has 9 heteroatoms. The number of carbonyl (C=O) groups is 1. The van der Waals surface area contributed by atoms with Crippen molar-refractivity contribution in [2.75, 3.05) is 6.61 Å². The van der Waals surface area contributed by atoms with Gasteiger partial charge in [0.25, 0.3) is 0 Å². The number of hydrogen-bond donors (Lipinski definition) is 1. The molecule has 25 heavy (non-hydrogen) atoms. The molecule has 0 amide bonds. The zero-order valence-electron chi connectivity index (χ0n) is 13.2. The molecule has 0 saturated carbocycles. The SMILES string of the molecule is CCOc1ccc(-c2nc3sc(C(=O)O)c(C(F)(F)F)n3c2C)cc1. The van der Waals surface area contributed by atoms with Crippen molar-refractivity contribution in [3.8, 4) is 17.0 Å². The van der Waals surface area contributed by atoms with Crippen LogP contribution in [0.3, 0.4) is 0 Å². The van der Waals surface area contributed by atoms with E-state index in [1.165, 1.54) is 6.92 Å². The molecule has 0 bridgehead atoms. The van der Waals surface area contributed by atoms with Crippen molar-refractivity contribution in [2.45, 2.75) is 20.0 Å². The van der Waals surface area contributed by atoms with E-state index in [1.54, 1.807) is 24.3 Å². The molecule has 0 saturated heterocycles. The smallest absolute Gasteiger partial charge is 0.433 e. The first-order valence-electron chi connectivity index (χ1n) is 7.29. The first-order chi connectivity index (χ1) is 11.7. The van der Waals surface area contributed by atoms with Crippen molar-refractivity contribution >= 4 is 22.3 Å². The van der Waals surface area contributed by atoms with Crippen LogP contribution in [0.15, 0.2) is 24.3 Å². The van der Waals surface area contributed by atoms with E-state index in [2.05, 4.69) is 4.98 Å². The Hall–Kier alpha value is -2.55. The Bertz CT molecular complexity index is 942. The highest BCUT2D eigenvalue weighted by Crippen LogP contribution is 2.39. The molecule has 1 N–H and O–H groups in total. The molecule has 1 aromatic carbocycles. The lowest BCUT2D eigenvalue weighted by molar-refractivity contribution is -0.142. The maximum atomic E-state index is 13.4. The molecular weight excluding hydrogens is 357 g/mol. The number of ether oxygens (including phenoxy) is 1. The minimum absolute atomic E-state index is 0.00823. The van der Waals surface area contributed by atoms with E-state index in [-0.39, 0.29) is 10.7 Å². The Labute approximate surface area is 144 Å². The van der Waals surface area contributed by atoms with E-state index in [0.717, 1.165) is 4.40 Å². The van der Waals surface area contributed by atoms with Crippen molar-refractivity contribution in [1.29, 1.82) is 0 Å². The van der Waals surface area contributed by atoms with Crippen molar-refractivity contribution in [2.24, 2.45) is 0 Å². The summed E-state index contributed by atoms with van der Waals surface area (Å²) in [6, 6.07) is 6.82. The van der Waals surface area contributed by atoms with Crippen molar-refractivity contribution in [3.63, 3.8) is 0 Å². The molecule has 0 aliphatic rings. The van der Waals surface area contributed by atoms with Gasteiger partial charge in [-0.15, -0.1) is 0 Å². The van der Waals surface area contributed by atoms with Gasteiger partial charge >= 0.3 is 12.1 Å². The number of aryl methyl sites for hydroxylation is 1. The Morgan fingerprint density at radius 3 is 2.48 bits per heavy atom. The Morgan fingerprint density at radius 2 is 1.96 bits per heavy atom. The molecule has 5 nitrogen and oxygen atoms in total. The molecular formula is C16H13F3N2O3S. The second-order valence-electron chi connectivity index (χ2n) is 5.20. The number of halogens is 3. The van der Waals surface area contributed by atoms with Crippen LogP contribution in [0.25, 0.3) is 16.2 Å². The average Bonchev–Trinajstić information content (AvgIpc) is 3.06. The number of alkyl halides is 3. The summed E-state index contributed by atoms with van der Waals surface area (Å²) in [5.41, 5.74) is 0.0241. The summed E-state index contributed by atoms with van der Waals surface area (Å²) in [5.74, 6) is -0.973. The van der Waals surface area contributed by atoms with Gasteiger partial charge in [-0.2, -0.15) is 13.2 Å². The van der Waals surface area contributed by atoms with Crippen LogP contribution in [0.1, 0.15) is 28.0 Å². The van der Waals surface area contributed by atoms with E-state index < -0.39 is 22.7 Å². The van der Waals surface area contributed by atoms with E-state index >= 15 is 0 Å². The Morgan fingerprint density at radius 1 is 1.32 bits per heavy atom. The molecule has 0 radical (unpaired) electrons. The fraction of sp³-hybridized carbons (Fsp3) is 0.250. The highest BCUT2D eigenvalue weighted by molar-refractivity contribution is 7.19. The number of imidazole rings is 1. The first kappa shape index (κ1) is 17.3. The third kappa shape index (κ3) is 2.95. The molecule has 0 spiro atoms. The molecule has 0 unspecified atom stereocenters. The molecule has 2 heterocycles. The highest BCUT2D eigenvalue weighted by atomic mass is 32.1. The fourth-order valence-corrected chi connectivity index (χ4v) is 3.63. The molecule has 0 fully saturated rings. The van der Waals surface area contributed by atoms with Crippen molar-refractivity contribution in [1.82, 2.24) is 9.38 Å². The van der Waals surface area contributed by atoms with Crippen LogP contribution in [-0.4, -0.2) is 27.1 Å². The number of carboxylic acid groups (broad SMARTS) is 1. The number of benzene rings is 1. The van der Waals surface area contributed by atoms with Gasteiger partial charge in [-0.3, -0.25) is 4.40 Å². The molecule has 2 aromatic heterocycles. The normalized spacial score (nSPS) is 11.9. The molecule has 3 aromatic rings. The maximum Gasteiger partial charge on any atom is 0.433 e. The number of carboxylic acids is 1. The summed E-state index contributed by atoms with van der Waals surface area (Å²) in [5, 5.41) is 9.06. The van der Waals surface area contributed by atoms with Crippen LogP contribution < -0.4 is 4.74 Å². The summed E-state index contributed by atoms with van der Waals surface area (Å²) in [7, 11) is 0. The van der Waals surface area contributed by atoms with Crippen LogP contribution >= 0.6 is 11.3 Å². The molecule has 0 aliphatic carbocycles. The Kier molecular flexibility index (Phi) is 4.19. The summed E-state index contributed by atoms with van der Waals surface area (Å²) >= 11 is 0.507. The number of aromatic carboxylic acids is 1. The van der Waals surface area contributed by atoms with E-state index in [4.69, 9.17) is 9.84 Å². The largest absolute Gasteiger partial charge is 0.494 e. The van der Waals surface area contributed by atoms with Gasteiger partial charge in [0, 0.05) is 11.3 Å². The highest BCUT2D eigenvalue weighted by Gasteiger charge is 2.41. The quantitative estimate of drug-likeness (QED) is 0.735. The summed E-state index contributed by atoms with van der Waals surface area (Å²) in [6.07, 6.45) is -4.80. The third-order valence-corrected chi connectivity index (χ3v) is 4.64. The van der Waals surface area contributed by atoms with Crippen LogP contribution in [0.2, 0.25) is 0 Å². The number of nitrogens with zero attached hydrogens (tertiary/aromatic N) is 2.